The Labute approximate surface area is 193 Å². The van der Waals surface area contributed by atoms with Gasteiger partial charge >= 0.3 is 0 Å². The Bertz CT molecular complexity index is 1050. The molecule has 0 N–H and O–H groups in total. The van der Waals surface area contributed by atoms with Crippen molar-refractivity contribution in [2.75, 3.05) is 6.61 Å². The Kier molecular flexibility index (Phi) is 5.56. The first-order valence-electron chi connectivity index (χ1n) is 10.6. The van der Waals surface area contributed by atoms with E-state index in [1.807, 2.05) is 0 Å². The molecule has 1 saturated heterocycles. The molecule has 0 saturated carbocycles. The molecule has 1 heterocycles. The fraction of sp³-hybridized carbons (Fsp3) is 0.143. The van der Waals surface area contributed by atoms with Crippen molar-refractivity contribution in [3.05, 3.63) is 125 Å². The fourth-order valence-electron chi connectivity index (χ4n) is 4.85. The van der Waals surface area contributed by atoms with Crippen molar-refractivity contribution < 1.29 is 4.74 Å². The standard InChI is InChI=1S/C28H25BrOP/c1-28(22-17-19-23(29)20-18-22)21-30-27(28)31(24-11-5-2-6-12-24,25-13-7-3-8-14-25)26-15-9-4-10-16-26/h2-20,27H,21H2,1H3/q+1. The van der Waals surface area contributed by atoms with E-state index in [0.717, 1.165) is 11.1 Å². The lowest BCUT2D eigenvalue weighted by Crippen LogP contribution is -2.59. The third-order valence-electron chi connectivity index (χ3n) is 6.43. The summed E-state index contributed by atoms with van der Waals surface area (Å²) < 4.78 is 7.70. The highest BCUT2D eigenvalue weighted by Gasteiger charge is 2.65. The zero-order valence-corrected chi connectivity index (χ0v) is 20.0. The average Bonchev–Trinajstić information content (AvgIpc) is 2.83. The van der Waals surface area contributed by atoms with Gasteiger partial charge in [-0.25, -0.2) is 0 Å². The minimum atomic E-state index is -2.09. The summed E-state index contributed by atoms with van der Waals surface area (Å²) in [5.74, 6) is 0.0633. The van der Waals surface area contributed by atoms with E-state index in [1.165, 1.54) is 21.5 Å². The van der Waals surface area contributed by atoms with Crippen LogP contribution < -0.4 is 15.9 Å². The van der Waals surface area contributed by atoms with Crippen LogP contribution in [0.2, 0.25) is 0 Å². The molecule has 2 atom stereocenters. The minimum Gasteiger partial charge on any atom is -0.340 e. The van der Waals surface area contributed by atoms with Crippen molar-refractivity contribution in [3.8, 4) is 0 Å². The molecule has 4 aromatic rings. The zero-order chi connectivity index (χ0) is 21.3. The summed E-state index contributed by atoms with van der Waals surface area (Å²) in [6.45, 7) is 3.10. The van der Waals surface area contributed by atoms with E-state index in [0.29, 0.717) is 0 Å². The largest absolute Gasteiger partial charge is 0.340 e. The molecule has 0 aromatic heterocycles. The van der Waals surface area contributed by atoms with Gasteiger partial charge in [-0.1, -0.05) is 82.7 Å². The van der Waals surface area contributed by atoms with Gasteiger partial charge in [0.25, 0.3) is 0 Å². The summed E-state index contributed by atoms with van der Waals surface area (Å²) in [6.07, 6.45) is 0. The van der Waals surface area contributed by atoms with E-state index >= 15 is 0 Å². The Morgan fingerprint density at radius 2 is 1.10 bits per heavy atom. The highest BCUT2D eigenvalue weighted by Crippen LogP contribution is 2.68. The van der Waals surface area contributed by atoms with Crippen molar-refractivity contribution >= 4 is 39.1 Å². The van der Waals surface area contributed by atoms with E-state index < -0.39 is 7.26 Å². The first-order chi connectivity index (χ1) is 15.2. The second-order valence-corrected chi connectivity index (χ2v) is 12.7. The maximum absolute atomic E-state index is 6.60. The van der Waals surface area contributed by atoms with Crippen LogP contribution >= 0.6 is 23.2 Å². The van der Waals surface area contributed by atoms with Gasteiger partial charge in [0.2, 0.25) is 0 Å². The molecule has 0 amide bonds. The third-order valence-corrected chi connectivity index (χ3v) is 11.7. The lowest BCUT2D eigenvalue weighted by molar-refractivity contribution is -0.0797. The monoisotopic (exact) mass is 487 g/mol. The summed E-state index contributed by atoms with van der Waals surface area (Å²) in [4.78, 5) is 0. The highest BCUT2D eigenvalue weighted by molar-refractivity contribution is 9.10. The molecule has 0 bridgehead atoms. The second-order valence-electron chi connectivity index (χ2n) is 8.32. The maximum Gasteiger partial charge on any atom is 0.192 e. The molecule has 0 spiro atoms. The van der Waals surface area contributed by atoms with E-state index in [2.05, 4.69) is 138 Å². The SMILES string of the molecule is CC1(c2ccc(Br)cc2)COC1[P+](c1ccccc1)(c1ccccc1)c1ccccc1. The van der Waals surface area contributed by atoms with Crippen molar-refractivity contribution in [2.45, 2.75) is 18.2 Å². The van der Waals surface area contributed by atoms with Crippen molar-refractivity contribution in [3.63, 3.8) is 0 Å². The second kappa shape index (κ2) is 8.36. The molecule has 5 rings (SSSR count). The van der Waals surface area contributed by atoms with Gasteiger partial charge in [-0.2, -0.15) is 0 Å². The molecular weight excluding hydrogens is 463 g/mol. The van der Waals surface area contributed by atoms with Gasteiger partial charge in [0.05, 0.1) is 12.0 Å². The molecule has 0 aliphatic carbocycles. The number of halogens is 1. The smallest absolute Gasteiger partial charge is 0.192 e. The van der Waals surface area contributed by atoms with Gasteiger partial charge < -0.3 is 4.74 Å². The topological polar surface area (TPSA) is 9.23 Å². The molecule has 1 fully saturated rings. The molecule has 154 valence electrons. The van der Waals surface area contributed by atoms with Crippen molar-refractivity contribution in [2.24, 2.45) is 0 Å². The molecule has 31 heavy (non-hydrogen) atoms. The molecule has 2 unspecified atom stereocenters. The van der Waals surface area contributed by atoms with Gasteiger partial charge in [0, 0.05) is 4.47 Å². The number of rotatable bonds is 5. The molecule has 1 nitrogen and oxygen atoms in total. The normalized spacial score (nSPS) is 20.8. The van der Waals surface area contributed by atoms with Gasteiger partial charge in [-0.3, -0.25) is 0 Å². The molecule has 1 aliphatic rings. The van der Waals surface area contributed by atoms with E-state index in [4.69, 9.17) is 4.74 Å². The summed E-state index contributed by atoms with van der Waals surface area (Å²) in [7, 11) is -2.09. The van der Waals surface area contributed by atoms with Crippen LogP contribution in [-0.2, 0) is 10.2 Å². The van der Waals surface area contributed by atoms with E-state index in [9.17, 15) is 0 Å². The van der Waals surface area contributed by atoms with Gasteiger partial charge in [-0.05, 0) is 61.0 Å². The van der Waals surface area contributed by atoms with Gasteiger partial charge in [0.15, 0.2) is 5.85 Å². The third kappa shape index (κ3) is 3.38. The Balaban J connectivity index is 1.79. The number of hydrogen-bond donors (Lipinski definition) is 0. The first-order valence-corrected chi connectivity index (χ1v) is 13.2. The fourth-order valence-corrected chi connectivity index (χ4v) is 10.1. The van der Waals surface area contributed by atoms with Crippen LogP contribution in [0.4, 0.5) is 0 Å². The van der Waals surface area contributed by atoms with Crippen LogP contribution in [-0.4, -0.2) is 12.5 Å². The summed E-state index contributed by atoms with van der Waals surface area (Å²) >= 11 is 3.59. The highest BCUT2D eigenvalue weighted by atomic mass is 79.9. The van der Waals surface area contributed by atoms with Crippen LogP contribution in [0.1, 0.15) is 12.5 Å². The quantitative estimate of drug-likeness (QED) is 0.311. The lowest BCUT2D eigenvalue weighted by Gasteiger charge is -2.51. The average molecular weight is 488 g/mol. The summed E-state index contributed by atoms with van der Waals surface area (Å²) in [5, 5.41) is 4.08. The lowest BCUT2D eigenvalue weighted by atomic mass is 9.80. The molecule has 1 aliphatic heterocycles. The Morgan fingerprint density at radius 1 is 0.677 bits per heavy atom. The molecule has 3 heteroatoms. The van der Waals surface area contributed by atoms with Crippen LogP contribution in [0.15, 0.2) is 120 Å². The Hall–Kier alpha value is -2.25. The first kappa shape index (κ1) is 20.6. The number of hydrogen-bond acceptors (Lipinski definition) is 1. The van der Waals surface area contributed by atoms with Crippen LogP contribution in [0.25, 0.3) is 0 Å². The van der Waals surface area contributed by atoms with E-state index in [-0.39, 0.29) is 11.3 Å². The molecule has 4 aromatic carbocycles. The van der Waals surface area contributed by atoms with Crippen molar-refractivity contribution in [1.82, 2.24) is 0 Å². The van der Waals surface area contributed by atoms with Gasteiger partial charge in [-0.15, -0.1) is 0 Å². The number of ether oxygens (including phenoxy) is 1. The van der Waals surface area contributed by atoms with Crippen LogP contribution in [0, 0.1) is 0 Å². The Morgan fingerprint density at radius 3 is 1.45 bits per heavy atom. The predicted molar refractivity (Wildman–Crippen MR) is 136 cm³/mol. The van der Waals surface area contributed by atoms with E-state index in [1.54, 1.807) is 0 Å². The summed E-state index contributed by atoms with van der Waals surface area (Å²) in [6, 6.07) is 41.8. The maximum atomic E-state index is 6.60. The number of benzene rings is 4. The van der Waals surface area contributed by atoms with Crippen LogP contribution in [0.3, 0.4) is 0 Å². The molecular formula is C28H25BrOP+. The van der Waals surface area contributed by atoms with Crippen molar-refractivity contribution in [1.29, 1.82) is 0 Å². The minimum absolute atomic E-state index is 0.0633. The predicted octanol–water partition coefficient (Wildman–Crippen LogP) is 6.06. The summed E-state index contributed by atoms with van der Waals surface area (Å²) in [5.41, 5.74) is 1.26. The zero-order valence-electron chi connectivity index (χ0n) is 17.5. The van der Waals surface area contributed by atoms with Gasteiger partial charge in [0.1, 0.15) is 23.2 Å². The molecule has 0 radical (unpaired) electrons. The van der Waals surface area contributed by atoms with Crippen LogP contribution in [0.5, 0.6) is 0 Å².